The maximum absolute atomic E-state index is 13.7. The van der Waals surface area contributed by atoms with Crippen molar-refractivity contribution < 1.29 is 18.9 Å². The van der Waals surface area contributed by atoms with E-state index in [0.717, 1.165) is 58.1 Å². The second kappa shape index (κ2) is 11.3. The lowest BCUT2D eigenvalue weighted by Gasteiger charge is -2.47. The SMILES string of the molecule is CCCCNC(=O)[C@@]1(NC(C)=O)C[C@H](CCB2OC(C)(C)C(C)(C)O2)CC[C@H]1CN1CCCC1. The Morgan fingerprint density at radius 2 is 1.71 bits per heavy atom. The molecule has 3 fully saturated rings. The van der Waals surface area contributed by atoms with Gasteiger partial charge in [0.25, 0.3) is 0 Å². The zero-order chi connectivity index (χ0) is 25.0. The smallest absolute Gasteiger partial charge is 0.403 e. The van der Waals surface area contributed by atoms with Crippen LogP contribution in [0.3, 0.4) is 0 Å². The first-order valence-electron chi connectivity index (χ1n) is 13.6. The van der Waals surface area contributed by atoms with Gasteiger partial charge in [0.05, 0.1) is 11.2 Å². The van der Waals surface area contributed by atoms with E-state index in [9.17, 15) is 9.59 Å². The quantitative estimate of drug-likeness (QED) is 0.370. The Labute approximate surface area is 207 Å². The van der Waals surface area contributed by atoms with E-state index in [1.807, 2.05) is 0 Å². The van der Waals surface area contributed by atoms with Crippen molar-refractivity contribution in [3.05, 3.63) is 0 Å². The van der Waals surface area contributed by atoms with Crippen molar-refractivity contribution in [1.29, 1.82) is 0 Å². The van der Waals surface area contributed by atoms with Gasteiger partial charge in [0, 0.05) is 25.9 Å². The maximum atomic E-state index is 13.7. The molecule has 1 saturated carbocycles. The van der Waals surface area contributed by atoms with Crippen LogP contribution >= 0.6 is 0 Å². The number of nitrogens with one attached hydrogen (secondary N) is 2. The summed E-state index contributed by atoms with van der Waals surface area (Å²) in [6.07, 6.45) is 8.86. The predicted octanol–water partition coefficient (Wildman–Crippen LogP) is 3.77. The molecule has 0 bridgehead atoms. The Bertz CT molecular complexity index is 694. The lowest BCUT2D eigenvalue weighted by atomic mass is 9.65. The third-order valence-corrected chi connectivity index (χ3v) is 8.64. The van der Waals surface area contributed by atoms with Crippen molar-refractivity contribution in [2.75, 3.05) is 26.2 Å². The molecule has 194 valence electrons. The molecule has 2 N–H and O–H groups in total. The molecule has 0 spiro atoms. The first kappa shape index (κ1) is 27.5. The summed E-state index contributed by atoms with van der Waals surface area (Å²) in [6, 6.07) is 0. The van der Waals surface area contributed by atoms with Gasteiger partial charge in [-0.05, 0) is 91.5 Å². The molecule has 1 aliphatic carbocycles. The summed E-state index contributed by atoms with van der Waals surface area (Å²) < 4.78 is 12.4. The molecular formula is C26H48BN3O4. The van der Waals surface area contributed by atoms with E-state index in [1.54, 1.807) is 6.92 Å². The number of likely N-dealkylation sites (tertiary alicyclic amines) is 1. The number of amides is 2. The summed E-state index contributed by atoms with van der Waals surface area (Å²) in [5.74, 6) is 0.353. The highest BCUT2D eigenvalue weighted by Crippen LogP contribution is 2.43. The molecule has 0 unspecified atom stereocenters. The topological polar surface area (TPSA) is 79.9 Å². The van der Waals surface area contributed by atoms with E-state index >= 15 is 0 Å². The Balaban J connectivity index is 1.73. The number of hydrogen-bond donors (Lipinski definition) is 2. The highest BCUT2D eigenvalue weighted by Gasteiger charge is 2.53. The fraction of sp³-hybridized carbons (Fsp3) is 0.923. The van der Waals surface area contributed by atoms with E-state index in [1.165, 1.54) is 12.8 Å². The Kier molecular flexibility index (Phi) is 9.13. The summed E-state index contributed by atoms with van der Waals surface area (Å²) >= 11 is 0. The maximum Gasteiger partial charge on any atom is 0.457 e. The summed E-state index contributed by atoms with van der Waals surface area (Å²) in [7, 11) is -0.221. The van der Waals surface area contributed by atoms with E-state index in [4.69, 9.17) is 9.31 Å². The summed E-state index contributed by atoms with van der Waals surface area (Å²) in [4.78, 5) is 28.6. The van der Waals surface area contributed by atoms with E-state index in [0.29, 0.717) is 18.9 Å². The van der Waals surface area contributed by atoms with Gasteiger partial charge in [0.15, 0.2) is 0 Å². The van der Waals surface area contributed by atoms with Gasteiger partial charge in [0.2, 0.25) is 11.8 Å². The van der Waals surface area contributed by atoms with Crippen LogP contribution in [0.15, 0.2) is 0 Å². The highest BCUT2D eigenvalue weighted by atomic mass is 16.7. The van der Waals surface area contributed by atoms with Crippen molar-refractivity contribution in [1.82, 2.24) is 15.5 Å². The first-order valence-corrected chi connectivity index (χ1v) is 13.6. The minimum atomic E-state index is -0.846. The highest BCUT2D eigenvalue weighted by molar-refractivity contribution is 6.45. The summed E-state index contributed by atoms with van der Waals surface area (Å²) in [5, 5.41) is 6.36. The molecule has 0 radical (unpaired) electrons. The van der Waals surface area contributed by atoms with Gasteiger partial charge in [-0.15, -0.1) is 0 Å². The van der Waals surface area contributed by atoms with Crippen LogP contribution in [0.1, 0.15) is 92.9 Å². The molecule has 2 amide bonds. The number of rotatable bonds is 10. The largest absolute Gasteiger partial charge is 0.457 e. The molecule has 2 heterocycles. The van der Waals surface area contributed by atoms with Crippen molar-refractivity contribution >= 4 is 18.9 Å². The van der Waals surface area contributed by atoms with Gasteiger partial charge in [-0.25, -0.2) is 0 Å². The lowest BCUT2D eigenvalue weighted by molar-refractivity contribution is -0.138. The second-order valence-electron chi connectivity index (χ2n) is 11.9. The van der Waals surface area contributed by atoms with Gasteiger partial charge in [-0.3, -0.25) is 9.59 Å². The van der Waals surface area contributed by atoms with Gasteiger partial charge in [-0.1, -0.05) is 19.8 Å². The Hall–Kier alpha value is -1.12. The van der Waals surface area contributed by atoms with Crippen LogP contribution in [-0.2, 0) is 18.9 Å². The number of nitrogens with zero attached hydrogens (tertiary/aromatic N) is 1. The normalized spacial score (nSPS) is 30.9. The van der Waals surface area contributed by atoms with E-state index in [2.05, 4.69) is 50.2 Å². The van der Waals surface area contributed by atoms with E-state index < -0.39 is 5.54 Å². The van der Waals surface area contributed by atoms with Gasteiger partial charge >= 0.3 is 7.12 Å². The molecule has 3 atom stereocenters. The fourth-order valence-corrected chi connectivity index (χ4v) is 5.97. The zero-order valence-electron chi connectivity index (χ0n) is 22.5. The molecule has 0 aromatic carbocycles. The first-order chi connectivity index (χ1) is 16.0. The summed E-state index contributed by atoms with van der Waals surface area (Å²) in [6.45, 7) is 15.7. The van der Waals surface area contributed by atoms with Crippen LogP contribution in [0.5, 0.6) is 0 Å². The molecule has 3 aliphatic rings. The third-order valence-electron chi connectivity index (χ3n) is 8.64. The average molecular weight is 477 g/mol. The van der Waals surface area contributed by atoms with Gasteiger partial charge in [0.1, 0.15) is 5.54 Å². The third kappa shape index (κ3) is 6.35. The van der Waals surface area contributed by atoms with Crippen LogP contribution in [0.25, 0.3) is 0 Å². The molecule has 8 heteroatoms. The second-order valence-corrected chi connectivity index (χ2v) is 11.9. The number of carbonyl (C=O) groups is 2. The minimum absolute atomic E-state index is 0.000630. The van der Waals surface area contributed by atoms with Crippen LogP contribution in [0.4, 0.5) is 0 Å². The zero-order valence-corrected chi connectivity index (χ0v) is 22.5. The van der Waals surface area contributed by atoms with E-state index in [-0.39, 0.29) is 36.1 Å². The molecule has 3 rings (SSSR count). The van der Waals surface area contributed by atoms with Crippen molar-refractivity contribution in [3.8, 4) is 0 Å². The monoisotopic (exact) mass is 477 g/mol. The molecule has 0 aromatic heterocycles. The van der Waals surface area contributed by atoms with Crippen LogP contribution in [0.2, 0.25) is 6.32 Å². The molecule has 7 nitrogen and oxygen atoms in total. The molecule has 2 saturated heterocycles. The van der Waals surface area contributed by atoms with Crippen LogP contribution < -0.4 is 10.6 Å². The van der Waals surface area contributed by atoms with Crippen molar-refractivity contribution in [3.63, 3.8) is 0 Å². The predicted molar refractivity (Wildman–Crippen MR) is 136 cm³/mol. The van der Waals surface area contributed by atoms with Crippen molar-refractivity contribution in [2.45, 2.75) is 116 Å². The minimum Gasteiger partial charge on any atom is -0.403 e. The molecule has 0 aromatic rings. The molecule has 2 aliphatic heterocycles. The molecule has 34 heavy (non-hydrogen) atoms. The van der Waals surface area contributed by atoms with Crippen molar-refractivity contribution in [2.24, 2.45) is 11.8 Å². The number of hydrogen-bond acceptors (Lipinski definition) is 5. The Morgan fingerprint density at radius 1 is 1.06 bits per heavy atom. The average Bonchev–Trinajstić information content (AvgIpc) is 3.32. The molecular weight excluding hydrogens is 429 g/mol. The number of carbonyl (C=O) groups excluding carboxylic acids is 2. The fourth-order valence-electron chi connectivity index (χ4n) is 5.97. The van der Waals surface area contributed by atoms with Crippen LogP contribution in [0, 0.1) is 11.8 Å². The van der Waals surface area contributed by atoms with Crippen LogP contribution in [-0.4, -0.2) is 66.8 Å². The Morgan fingerprint density at radius 3 is 2.29 bits per heavy atom. The van der Waals surface area contributed by atoms with Gasteiger partial charge in [-0.2, -0.15) is 0 Å². The standard InChI is InChI=1S/C26H48BN3O4/c1-7-8-15-28-23(32)26(29-20(2)31)18-21(11-12-22(26)19-30-16-9-10-17-30)13-14-27-33-24(3,4)25(5,6)34-27/h21-22H,7-19H2,1-6H3,(H,28,32)(H,29,31)/t21-,22-,26+/m0/s1. The number of unbranched alkanes of at least 4 members (excludes halogenated alkanes) is 1. The lowest BCUT2D eigenvalue weighted by Crippen LogP contribution is -2.66. The van der Waals surface area contributed by atoms with Gasteiger partial charge < -0.3 is 24.8 Å². The summed E-state index contributed by atoms with van der Waals surface area (Å²) in [5.41, 5.74) is -1.50.